The van der Waals surface area contributed by atoms with Crippen LogP contribution in [0.4, 0.5) is 0 Å². The summed E-state index contributed by atoms with van der Waals surface area (Å²) in [5, 5.41) is 0. The van der Waals surface area contributed by atoms with Crippen LogP contribution in [0.1, 0.15) is 18.5 Å². The Morgan fingerprint density at radius 1 is 1.11 bits per heavy atom. The van der Waals surface area contributed by atoms with Gasteiger partial charge in [-0.05, 0) is 42.3 Å². The van der Waals surface area contributed by atoms with Gasteiger partial charge >= 0.3 is 0 Å². The number of rotatable bonds is 4. The van der Waals surface area contributed by atoms with Crippen LogP contribution in [-0.4, -0.2) is 19.2 Å². The van der Waals surface area contributed by atoms with E-state index in [1.165, 1.54) is 0 Å². The van der Waals surface area contributed by atoms with Gasteiger partial charge in [0.15, 0.2) is 11.5 Å². The fourth-order valence-electron chi connectivity index (χ4n) is 1.99. The molecule has 0 aliphatic carbocycles. The summed E-state index contributed by atoms with van der Waals surface area (Å²) in [5.74, 6) is 1.39. The number of methoxy groups -OCH3 is 2. The Balaban J connectivity index is 2.66. The summed E-state index contributed by atoms with van der Waals surface area (Å²) >= 11 is 0. The summed E-state index contributed by atoms with van der Waals surface area (Å²) in [6.07, 6.45) is 3.50. The van der Waals surface area contributed by atoms with Gasteiger partial charge in [0, 0.05) is 24.0 Å². The molecule has 1 atom stereocenters. The fourth-order valence-corrected chi connectivity index (χ4v) is 1.99. The molecule has 4 nitrogen and oxygen atoms in total. The Kier molecular flexibility index (Phi) is 4.02. The largest absolute Gasteiger partial charge is 0.493 e. The van der Waals surface area contributed by atoms with Crippen molar-refractivity contribution in [1.82, 2.24) is 4.98 Å². The van der Waals surface area contributed by atoms with E-state index < -0.39 is 0 Å². The lowest BCUT2D eigenvalue weighted by Crippen LogP contribution is -2.06. The first-order chi connectivity index (χ1) is 9.17. The third-order valence-corrected chi connectivity index (χ3v) is 3.02. The Labute approximate surface area is 113 Å². The van der Waals surface area contributed by atoms with Gasteiger partial charge in [-0.2, -0.15) is 0 Å². The molecule has 0 bridgehead atoms. The number of benzene rings is 1. The van der Waals surface area contributed by atoms with Crippen molar-refractivity contribution in [3.8, 4) is 22.6 Å². The maximum atomic E-state index is 5.97. The molecule has 1 heterocycles. The van der Waals surface area contributed by atoms with Gasteiger partial charge in [-0.3, -0.25) is 4.98 Å². The average molecular weight is 258 g/mol. The molecule has 0 amide bonds. The van der Waals surface area contributed by atoms with E-state index in [1.807, 2.05) is 31.2 Å². The monoisotopic (exact) mass is 258 g/mol. The van der Waals surface area contributed by atoms with Crippen molar-refractivity contribution < 1.29 is 9.47 Å². The molecule has 0 spiro atoms. The molecule has 4 heteroatoms. The lowest BCUT2D eigenvalue weighted by Gasteiger charge is -2.16. The molecule has 2 N–H and O–H groups in total. The number of ether oxygens (including phenoxy) is 2. The minimum Gasteiger partial charge on any atom is -0.493 e. The van der Waals surface area contributed by atoms with Crippen molar-refractivity contribution in [1.29, 1.82) is 0 Å². The van der Waals surface area contributed by atoms with Crippen LogP contribution in [0, 0.1) is 0 Å². The first-order valence-corrected chi connectivity index (χ1v) is 6.09. The molecule has 2 rings (SSSR count). The smallest absolute Gasteiger partial charge is 0.168 e. The van der Waals surface area contributed by atoms with Crippen molar-refractivity contribution in [3.05, 3.63) is 42.2 Å². The Hall–Kier alpha value is -2.07. The maximum absolute atomic E-state index is 5.97. The molecule has 0 fully saturated rings. The van der Waals surface area contributed by atoms with Crippen molar-refractivity contribution >= 4 is 0 Å². The molecular weight excluding hydrogens is 240 g/mol. The van der Waals surface area contributed by atoms with Gasteiger partial charge in [0.1, 0.15) is 0 Å². The van der Waals surface area contributed by atoms with Crippen LogP contribution < -0.4 is 15.2 Å². The number of hydrogen-bond donors (Lipinski definition) is 1. The Morgan fingerprint density at radius 2 is 1.79 bits per heavy atom. The highest BCUT2D eigenvalue weighted by atomic mass is 16.5. The minimum absolute atomic E-state index is 0.0691. The number of pyridine rings is 1. The normalized spacial score (nSPS) is 12.0. The van der Waals surface area contributed by atoms with Gasteiger partial charge in [0.25, 0.3) is 0 Å². The summed E-state index contributed by atoms with van der Waals surface area (Å²) in [7, 11) is 3.26. The third kappa shape index (κ3) is 2.69. The quantitative estimate of drug-likeness (QED) is 0.916. The van der Waals surface area contributed by atoms with Gasteiger partial charge in [0.05, 0.1) is 14.2 Å². The van der Waals surface area contributed by atoms with E-state index in [1.54, 1.807) is 26.6 Å². The maximum Gasteiger partial charge on any atom is 0.168 e. The van der Waals surface area contributed by atoms with Crippen molar-refractivity contribution in [2.24, 2.45) is 5.73 Å². The highest BCUT2D eigenvalue weighted by Crippen LogP contribution is 2.40. The zero-order valence-electron chi connectivity index (χ0n) is 11.4. The van der Waals surface area contributed by atoms with Crippen LogP contribution in [0.2, 0.25) is 0 Å². The molecule has 2 aromatic rings. The minimum atomic E-state index is -0.0691. The highest BCUT2D eigenvalue weighted by molar-refractivity contribution is 5.74. The second-order valence-corrected chi connectivity index (χ2v) is 4.33. The van der Waals surface area contributed by atoms with Gasteiger partial charge in [0.2, 0.25) is 0 Å². The zero-order valence-corrected chi connectivity index (χ0v) is 11.4. The van der Waals surface area contributed by atoms with Gasteiger partial charge in [-0.1, -0.05) is 0 Å². The molecule has 1 aromatic heterocycles. The van der Waals surface area contributed by atoms with Crippen LogP contribution in [0.15, 0.2) is 36.7 Å². The van der Waals surface area contributed by atoms with E-state index in [-0.39, 0.29) is 6.04 Å². The molecule has 1 aromatic carbocycles. The number of hydrogen-bond acceptors (Lipinski definition) is 4. The first kappa shape index (κ1) is 13.4. The summed E-state index contributed by atoms with van der Waals surface area (Å²) in [4.78, 5) is 4.03. The van der Waals surface area contributed by atoms with Crippen LogP contribution in [-0.2, 0) is 0 Å². The molecule has 100 valence electrons. The first-order valence-electron chi connectivity index (χ1n) is 6.09. The second-order valence-electron chi connectivity index (χ2n) is 4.33. The molecule has 0 saturated carbocycles. The van der Waals surface area contributed by atoms with Gasteiger partial charge in [-0.15, -0.1) is 0 Å². The molecular formula is C15H18N2O2. The SMILES string of the molecule is COc1cc(C(C)N)cc(-c2ccncc2)c1OC. The van der Waals surface area contributed by atoms with Crippen LogP contribution in [0.25, 0.3) is 11.1 Å². The third-order valence-electron chi connectivity index (χ3n) is 3.02. The number of nitrogens with two attached hydrogens (primary N) is 1. The molecule has 1 unspecified atom stereocenters. The standard InChI is InChI=1S/C15H18N2O2/c1-10(16)12-8-13(11-4-6-17-7-5-11)15(19-3)14(9-12)18-2/h4-10H,16H2,1-3H3. The van der Waals surface area contributed by atoms with E-state index in [9.17, 15) is 0 Å². The van der Waals surface area contributed by atoms with Crippen molar-refractivity contribution in [2.45, 2.75) is 13.0 Å². The predicted octanol–water partition coefficient (Wildman–Crippen LogP) is 2.79. The number of aromatic nitrogens is 1. The predicted molar refractivity (Wildman–Crippen MR) is 75.4 cm³/mol. The van der Waals surface area contributed by atoms with E-state index >= 15 is 0 Å². The van der Waals surface area contributed by atoms with Crippen LogP contribution >= 0.6 is 0 Å². The van der Waals surface area contributed by atoms with E-state index in [0.29, 0.717) is 11.5 Å². The highest BCUT2D eigenvalue weighted by Gasteiger charge is 2.15. The van der Waals surface area contributed by atoms with E-state index in [2.05, 4.69) is 4.98 Å². The average Bonchev–Trinajstić information content (AvgIpc) is 2.46. The van der Waals surface area contributed by atoms with E-state index in [0.717, 1.165) is 16.7 Å². The second kappa shape index (κ2) is 5.71. The molecule has 0 radical (unpaired) electrons. The van der Waals surface area contributed by atoms with E-state index in [4.69, 9.17) is 15.2 Å². The lowest BCUT2D eigenvalue weighted by atomic mass is 9.99. The summed E-state index contributed by atoms with van der Waals surface area (Å²) in [5.41, 5.74) is 8.95. The van der Waals surface area contributed by atoms with Crippen LogP contribution in [0.3, 0.4) is 0 Å². The summed E-state index contributed by atoms with van der Waals surface area (Å²) < 4.78 is 10.9. The zero-order chi connectivity index (χ0) is 13.8. The topological polar surface area (TPSA) is 57.4 Å². The summed E-state index contributed by atoms with van der Waals surface area (Å²) in [6, 6.07) is 7.74. The van der Waals surface area contributed by atoms with Gasteiger partial charge in [-0.25, -0.2) is 0 Å². The summed E-state index contributed by atoms with van der Waals surface area (Å²) in [6.45, 7) is 1.94. The van der Waals surface area contributed by atoms with Crippen LogP contribution in [0.5, 0.6) is 11.5 Å². The van der Waals surface area contributed by atoms with Gasteiger partial charge < -0.3 is 15.2 Å². The molecule has 0 aliphatic rings. The Bertz CT molecular complexity index is 554. The lowest BCUT2D eigenvalue weighted by molar-refractivity contribution is 0.355. The fraction of sp³-hybridized carbons (Fsp3) is 0.267. The number of nitrogens with zero attached hydrogens (tertiary/aromatic N) is 1. The van der Waals surface area contributed by atoms with Crippen molar-refractivity contribution in [2.75, 3.05) is 14.2 Å². The molecule has 19 heavy (non-hydrogen) atoms. The molecule has 0 saturated heterocycles. The molecule has 0 aliphatic heterocycles. The Morgan fingerprint density at radius 3 is 2.32 bits per heavy atom. The van der Waals surface area contributed by atoms with Crippen molar-refractivity contribution in [3.63, 3.8) is 0 Å².